The molecule has 0 N–H and O–H groups in total. The van der Waals surface area contributed by atoms with Gasteiger partial charge in [-0.25, -0.2) is 4.79 Å². The fourth-order valence-electron chi connectivity index (χ4n) is 7.87. The zero-order chi connectivity index (χ0) is 21.9. The summed E-state index contributed by atoms with van der Waals surface area (Å²) in [5.74, 6) is 0.645. The number of fused-ring (bicyclic) bond motifs is 5. The van der Waals surface area contributed by atoms with Gasteiger partial charge in [-0.2, -0.15) is 5.06 Å². The van der Waals surface area contributed by atoms with Gasteiger partial charge < -0.3 is 18.9 Å². The molecule has 5 heterocycles. The summed E-state index contributed by atoms with van der Waals surface area (Å²) in [7, 11) is 1.69. The summed E-state index contributed by atoms with van der Waals surface area (Å²) in [5, 5.41) is 2.03. The van der Waals surface area contributed by atoms with E-state index in [1.54, 1.807) is 7.11 Å². The minimum absolute atomic E-state index is 0.0280. The van der Waals surface area contributed by atoms with Crippen LogP contribution in [0.3, 0.4) is 0 Å². The Labute approximate surface area is 188 Å². The van der Waals surface area contributed by atoms with E-state index >= 15 is 0 Å². The van der Waals surface area contributed by atoms with E-state index in [1.165, 1.54) is 11.1 Å². The normalized spacial score (nSPS) is 48.7. The molecule has 5 aliphatic heterocycles. The smallest absolute Gasteiger partial charge is 0.343 e. The lowest BCUT2D eigenvalue weighted by Gasteiger charge is -2.58. The molecule has 2 spiro atoms. The molecule has 7 heteroatoms. The van der Waals surface area contributed by atoms with Crippen LogP contribution in [0.5, 0.6) is 5.75 Å². The summed E-state index contributed by atoms with van der Waals surface area (Å²) in [6.07, 6.45) is 4.65. The molecule has 1 aliphatic carbocycles. The number of esters is 1. The molecule has 2 bridgehead atoms. The van der Waals surface area contributed by atoms with E-state index in [-0.39, 0.29) is 17.9 Å². The average molecular weight is 442 g/mol. The van der Waals surface area contributed by atoms with Gasteiger partial charge in [0.1, 0.15) is 11.4 Å². The first-order valence-electron chi connectivity index (χ1n) is 12.1. The van der Waals surface area contributed by atoms with Gasteiger partial charge in [0.25, 0.3) is 0 Å². The Bertz CT molecular complexity index is 999. The number of hydrogen-bond donors (Lipinski definition) is 0. The molecule has 8 atom stereocenters. The maximum atomic E-state index is 13.7. The van der Waals surface area contributed by atoms with E-state index in [4.69, 9.17) is 23.8 Å². The van der Waals surface area contributed by atoms with Gasteiger partial charge in [-0.15, -0.1) is 0 Å². The number of methoxy groups -OCH3 is 1. The number of rotatable bonds is 1. The number of nitrogens with zero attached hydrogens (tertiary/aromatic N) is 1. The summed E-state index contributed by atoms with van der Waals surface area (Å²) in [6.45, 7) is 5.05. The van der Waals surface area contributed by atoms with Crippen molar-refractivity contribution < 1.29 is 28.6 Å². The molecule has 172 valence electrons. The predicted molar refractivity (Wildman–Crippen MR) is 112 cm³/mol. The fraction of sp³-hybridized carbons (Fsp3) is 0.720. The lowest BCUT2D eigenvalue weighted by molar-refractivity contribution is -0.319. The van der Waals surface area contributed by atoms with Crippen molar-refractivity contribution in [1.29, 1.82) is 0 Å². The highest BCUT2D eigenvalue weighted by atomic mass is 16.9. The molecular weight excluding hydrogens is 410 g/mol. The summed E-state index contributed by atoms with van der Waals surface area (Å²) >= 11 is 0. The highest BCUT2D eigenvalue weighted by Gasteiger charge is 2.78. The van der Waals surface area contributed by atoms with E-state index in [1.807, 2.05) is 18.1 Å². The zero-order valence-corrected chi connectivity index (χ0v) is 19.0. The Morgan fingerprint density at radius 1 is 1.22 bits per heavy atom. The molecule has 7 nitrogen and oxygen atoms in total. The van der Waals surface area contributed by atoms with Crippen molar-refractivity contribution in [2.45, 2.75) is 81.7 Å². The fourth-order valence-corrected chi connectivity index (χ4v) is 7.87. The van der Waals surface area contributed by atoms with Crippen molar-refractivity contribution >= 4 is 5.97 Å². The van der Waals surface area contributed by atoms with Crippen molar-refractivity contribution in [3.63, 3.8) is 0 Å². The van der Waals surface area contributed by atoms with Crippen molar-refractivity contribution in [2.24, 2.45) is 17.8 Å². The third-order valence-corrected chi connectivity index (χ3v) is 9.31. The molecule has 32 heavy (non-hydrogen) atoms. The van der Waals surface area contributed by atoms with E-state index in [2.05, 4.69) is 19.1 Å². The van der Waals surface area contributed by atoms with Crippen LogP contribution in [0.25, 0.3) is 0 Å². The number of carbonyl (C=O) groups excluding carboxylic acids is 1. The highest BCUT2D eigenvalue weighted by molar-refractivity contribution is 5.82. The third kappa shape index (κ3) is 2.28. The summed E-state index contributed by atoms with van der Waals surface area (Å²) in [6, 6.07) is 6.27. The van der Waals surface area contributed by atoms with Crippen LogP contribution >= 0.6 is 0 Å². The second kappa shape index (κ2) is 6.26. The van der Waals surface area contributed by atoms with E-state index < -0.39 is 23.3 Å². The first-order chi connectivity index (χ1) is 15.4. The van der Waals surface area contributed by atoms with Gasteiger partial charge in [0.05, 0.1) is 13.2 Å². The standard InChI is InChI=1S/C25H31NO6/c1-14-4-7-20-24(21(27)29-22-25(20)18(14)8-10-23(2,30-22)31-25)13-19-17-6-5-16(28-3)12-15(17)9-11-26(19)32-24/h5-6,12,14,18-20,22H,4,7-11,13H2,1-3H3/t14-,18+,19+,20+,22-,23-,24-,25-/m1/s1. The molecule has 0 amide bonds. The van der Waals surface area contributed by atoms with Crippen molar-refractivity contribution in [2.75, 3.05) is 13.7 Å². The molecule has 0 unspecified atom stereocenters. The van der Waals surface area contributed by atoms with Crippen molar-refractivity contribution in [3.05, 3.63) is 29.3 Å². The first kappa shape index (κ1) is 19.8. The van der Waals surface area contributed by atoms with Gasteiger partial charge in [0.2, 0.25) is 6.29 Å². The zero-order valence-electron chi connectivity index (χ0n) is 19.0. The Kier molecular flexibility index (Phi) is 3.87. The van der Waals surface area contributed by atoms with Gasteiger partial charge >= 0.3 is 5.97 Å². The van der Waals surface area contributed by atoms with Crippen LogP contribution in [-0.4, -0.2) is 48.0 Å². The molecule has 0 aromatic heterocycles. The molecule has 0 radical (unpaired) electrons. The van der Waals surface area contributed by atoms with Gasteiger partial charge in [0.15, 0.2) is 11.4 Å². The van der Waals surface area contributed by atoms with Crippen LogP contribution in [0.4, 0.5) is 0 Å². The molecule has 1 aromatic carbocycles. The summed E-state index contributed by atoms with van der Waals surface area (Å²) in [5.41, 5.74) is 0.856. The van der Waals surface area contributed by atoms with E-state index in [0.29, 0.717) is 18.3 Å². The summed E-state index contributed by atoms with van der Waals surface area (Å²) < 4.78 is 24.6. The van der Waals surface area contributed by atoms with Gasteiger partial charge in [0, 0.05) is 25.3 Å². The van der Waals surface area contributed by atoms with Crippen LogP contribution < -0.4 is 4.74 Å². The Morgan fingerprint density at radius 2 is 2.09 bits per heavy atom. The molecule has 1 saturated carbocycles. The minimum atomic E-state index is -1.02. The number of hydroxylamine groups is 2. The maximum absolute atomic E-state index is 13.7. The summed E-state index contributed by atoms with van der Waals surface area (Å²) in [4.78, 5) is 20.3. The topological polar surface area (TPSA) is 66.5 Å². The molecule has 7 rings (SSSR count). The minimum Gasteiger partial charge on any atom is -0.497 e. The van der Waals surface area contributed by atoms with E-state index in [0.717, 1.165) is 44.4 Å². The SMILES string of the molecule is COc1ccc2c(c1)CCN1O[C@@]3(C[C@@H]21)C(=O)O[C@@H]1O[C@@]2(C)CC[C@H]4[C@H](C)CC[C@@H]3[C@@]14O2. The van der Waals surface area contributed by atoms with Gasteiger partial charge in [-0.05, 0) is 67.7 Å². The largest absolute Gasteiger partial charge is 0.497 e. The van der Waals surface area contributed by atoms with Crippen LogP contribution in [0, 0.1) is 17.8 Å². The maximum Gasteiger partial charge on any atom is 0.343 e. The number of ether oxygens (including phenoxy) is 4. The number of benzene rings is 1. The Morgan fingerprint density at radius 3 is 2.94 bits per heavy atom. The first-order valence-corrected chi connectivity index (χ1v) is 12.1. The molecule has 6 aliphatic rings. The molecular formula is C25H31NO6. The Balaban J connectivity index is 1.32. The number of hydrogen-bond acceptors (Lipinski definition) is 7. The quantitative estimate of drug-likeness (QED) is 0.618. The van der Waals surface area contributed by atoms with Crippen molar-refractivity contribution in [3.8, 4) is 5.75 Å². The van der Waals surface area contributed by atoms with Gasteiger partial charge in [-0.1, -0.05) is 13.0 Å². The second-order valence-corrected chi connectivity index (χ2v) is 10.9. The molecule has 4 saturated heterocycles. The van der Waals surface area contributed by atoms with Gasteiger partial charge in [-0.3, -0.25) is 4.84 Å². The number of carbonyl (C=O) groups is 1. The molecule has 5 fully saturated rings. The van der Waals surface area contributed by atoms with Crippen LogP contribution in [-0.2, 0) is 30.3 Å². The van der Waals surface area contributed by atoms with Crippen LogP contribution in [0.1, 0.15) is 63.1 Å². The average Bonchev–Trinajstić information content (AvgIpc) is 3.27. The molecule has 1 aromatic rings. The monoisotopic (exact) mass is 441 g/mol. The highest BCUT2D eigenvalue weighted by Crippen LogP contribution is 2.66. The van der Waals surface area contributed by atoms with Crippen LogP contribution in [0.15, 0.2) is 18.2 Å². The second-order valence-electron chi connectivity index (χ2n) is 10.9. The Hall–Kier alpha value is -1.67. The van der Waals surface area contributed by atoms with Crippen molar-refractivity contribution in [1.82, 2.24) is 5.06 Å². The predicted octanol–water partition coefficient (Wildman–Crippen LogP) is 3.51. The van der Waals surface area contributed by atoms with Crippen LogP contribution in [0.2, 0.25) is 0 Å². The third-order valence-electron chi connectivity index (χ3n) is 9.31. The van der Waals surface area contributed by atoms with E-state index in [9.17, 15) is 4.79 Å². The lowest BCUT2D eigenvalue weighted by Crippen LogP contribution is -2.71. The lowest BCUT2D eigenvalue weighted by atomic mass is 9.55.